The number of ether oxygens (including phenoxy) is 1. The summed E-state index contributed by atoms with van der Waals surface area (Å²) in [6, 6.07) is 10.3. The molecule has 0 spiro atoms. The zero-order valence-corrected chi connectivity index (χ0v) is 11.9. The van der Waals surface area contributed by atoms with Crippen molar-refractivity contribution in [3.05, 3.63) is 36.5 Å². The fourth-order valence-electron chi connectivity index (χ4n) is 2.05. The summed E-state index contributed by atoms with van der Waals surface area (Å²) in [6.07, 6.45) is 2.88. The molecule has 3 nitrogen and oxygen atoms in total. The standard InChI is InChI=1S/C16H22N2O/c1-16(2,9-11-19-3)12-18-15-14-7-5-4-6-13(14)8-10-17-15/h4-8,10H,9,11-12H2,1-3H3,(H,17,18). The van der Waals surface area contributed by atoms with Crippen LogP contribution in [0.4, 0.5) is 5.82 Å². The lowest BCUT2D eigenvalue weighted by Gasteiger charge is -2.25. The van der Waals surface area contributed by atoms with Crippen LogP contribution in [0.2, 0.25) is 0 Å². The summed E-state index contributed by atoms with van der Waals surface area (Å²) >= 11 is 0. The highest BCUT2D eigenvalue weighted by Crippen LogP contribution is 2.24. The Balaban J connectivity index is 2.09. The van der Waals surface area contributed by atoms with E-state index in [0.717, 1.165) is 25.4 Å². The third-order valence-electron chi connectivity index (χ3n) is 3.39. The second kappa shape index (κ2) is 6.02. The van der Waals surface area contributed by atoms with Crippen molar-refractivity contribution in [1.29, 1.82) is 0 Å². The number of nitrogens with one attached hydrogen (secondary N) is 1. The molecule has 1 N–H and O–H groups in total. The van der Waals surface area contributed by atoms with Gasteiger partial charge >= 0.3 is 0 Å². The molecule has 1 heterocycles. The van der Waals surface area contributed by atoms with Crippen LogP contribution >= 0.6 is 0 Å². The molecular formula is C16H22N2O. The molecule has 102 valence electrons. The highest BCUT2D eigenvalue weighted by Gasteiger charge is 2.17. The van der Waals surface area contributed by atoms with Gasteiger partial charge < -0.3 is 10.1 Å². The number of fused-ring (bicyclic) bond motifs is 1. The van der Waals surface area contributed by atoms with Gasteiger partial charge in [-0.25, -0.2) is 4.98 Å². The van der Waals surface area contributed by atoms with E-state index in [1.807, 2.05) is 18.3 Å². The summed E-state index contributed by atoms with van der Waals surface area (Å²) in [7, 11) is 1.75. The van der Waals surface area contributed by atoms with Crippen LogP contribution in [0.25, 0.3) is 10.8 Å². The third-order valence-corrected chi connectivity index (χ3v) is 3.39. The van der Waals surface area contributed by atoms with Crippen LogP contribution in [0.15, 0.2) is 36.5 Å². The molecule has 0 fully saturated rings. The number of nitrogens with zero attached hydrogens (tertiary/aromatic N) is 1. The van der Waals surface area contributed by atoms with Gasteiger partial charge in [0.1, 0.15) is 5.82 Å². The topological polar surface area (TPSA) is 34.1 Å². The Morgan fingerprint density at radius 1 is 1.21 bits per heavy atom. The van der Waals surface area contributed by atoms with Crippen molar-refractivity contribution in [3.63, 3.8) is 0 Å². The molecule has 0 radical (unpaired) electrons. The molecule has 0 atom stereocenters. The van der Waals surface area contributed by atoms with Crippen molar-refractivity contribution in [3.8, 4) is 0 Å². The van der Waals surface area contributed by atoms with Gasteiger partial charge in [-0.1, -0.05) is 38.1 Å². The number of rotatable bonds is 6. The van der Waals surface area contributed by atoms with Crippen LogP contribution in [0.3, 0.4) is 0 Å². The van der Waals surface area contributed by atoms with Gasteiger partial charge in [0, 0.05) is 31.8 Å². The summed E-state index contributed by atoms with van der Waals surface area (Å²) in [5, 5.41) is 5.86. The normalized spacial score (nSPS) is 11.7. The van der Waals surface area contributed by atoms with Crippen molar-refractivity contribution in [1.82, 2.24) is 4.98 Å². The Hall–Kier alpha value is -1.61. The summed E-state index contributed by atoms with van der Waals surface area (Å²) in [6.45, 7) is 6.16. The summed E-state index contributed by atoms with van der Waals surface area (Å²) in [5.74, 6) is 0.962. The van der Waals surface area contributed by atoms with Crippen molar-refractivity contribution >= 4 is 16.6 Å². The first-order valence-electron chi connectivity index (χ1n) is 6.69. The molecule has 19 heavy (non-hydrogen) atoms. The van der Waals surface area contributed by atoms with Gasteiger partial charge in [0.05, 0.1) is 0 Å². The lowest BCUT2D eigenvalue weighted by Crippen LogP contribution is -2.25. The molecular weight excluding hydrogens is 236 g/mol. The number of pyridine rings is 1. The maximum Gasteiger partial charge on any atom is 0.133 e. The van der Waals surface area contributed by atoms with E-state index in [9.17, 15) is 0 Å². The van der Waals surface area contributed by atoms with Gasteiger partial charge in [-0.05, 0) is 23.3 Å². The van der Waals surface area contributed by atoms with E-state index in [0.29, 0.717) is 0 Å². The zero-order chi connectivity index (χ0) is 13.7. The predicted molar refractivity (Wildman–Crippen MR) is 80.5 cm³/mol. The Kier molecular flexibility index (Phi) is 4.38. The smallest absolute Gasteiger partial charge is 0.133 e. The number of methoxy groups -OCH3 is 1. The number of benzene rings is 1. The van der Waals surface area contributed by atoms with Gasteiger partial charge in [-0.2, -0.15) is 0 Å². The number of anilines is 1. The van der Waals surface area contributed by atoms with E-state index >= 15 is 0 Å². The largest absolute Gasteiger partial charge is 0.385 e. The number of aromatic nitrogens is 1. The minimum atomic E-state index is 0.189. The molecule has 3 heteroatoms. The second-order valence-corrected chi connectivity index (χ2v) is 5.64. The first kappa shape index (κ1) is 13.8. The first-order valence-corrected chi connectivity index (χ1v) is 6.69. The van der Waals surface area contributed by atoms with Gasteiger partial charge in [0.2, 0.25) is 0 Å². The minimum absolute atomic E-state index is 0.189. The van der Waals surface area contributed by atoms with E-state index in [4.69, 9.17) is 4.74 Å². The first-order chi connectivity index (χ1) is 9.12. The highest BCUT2D eigenvalue weighted by atomic mass is 16.5. The van der Waals surface area contributed by atoms with Crippen LogP contribution in [-0.2, 0) is 4.74 Å². The van der Waals surface area contributed by atoms with E-state index in [1.54, 1.807) is 7.11 Å². The lowest BCUT2D eigenvalue weighted by molar-refractivity contribution is 0.157. The minimum Gasteiger partial charge on any atom is -0.385 e. The molecule has 0 amide bonds. The second-order valence-electron chi connectivity index (χ2n) is 5.64. The van der Waals surface area contributed by atoms with Gasteiger partial charge in [0.25, 0.3) is 0 Å². The molecule has 2 aromatic rings. The maximum absolute atomic E-state index is 5.16. The average molecular weight is 258 g/mol. The van der Waals surface area contributed by atoms with Crippen molar-refractivity contribution in [2.45, 2.75) is 20.3 Å². The molecule has 0 aliphatic rings. The Morgan fingerprint density at radius 2 is 2.00 bits per heavy atom. The summed E-state index contributed by atoms with van der Waals surface area (Å²) in [4.78, 5) is 4.45. The van der Waals surface area contributed by atoms with Crippen molar-refractivity contribution in [2.24, 2.45) is 5.41 Å². The molecule has 0 unspecified atom stereocenters. The molecule has 0 saturated carbocycles. The van der Waals surface area contributed by atoms with E-state index in [1.165, 1.54) is 10.8 Å². The third kappa shape index (κ3) is 3.67. The van der Waals surface area contributed by atoms with Crippen molar-refractivity contribution in [2.75, 3.05) is 25.6 Å². The Labute approximate surface area is 115 Å². The van der Waals surface area contributed by atoms with Crippen LogP contribution in [0, 0.1) is 5.41 Å². The van der Waals surface area contributed by atoms with E-state index < -0.39 is 0 Å². The molecule has 1 aromatic heterocycles. The van der Waals surface area contributed by atoms with Crippen LogP contribution < -0.4 is 5.32 Å². The van der Waals surface area contributed by atoms with Crippen LogP contribution in [0.1, 0.15) is 20.3 Å². The fourth-order valence-corrected chi connectivity index (χ4v) is 2.05. The van der Waals surface area contributed by atoms with Gasteiger partial charge in [-0.15, -0.1) is 0 Å². The van der Waals surface area contributed by atoms with Crippen LogP contribution in [-0.4, -0.2) is 25.2 Å². The van der Waals surface area contributed by atoms with Gasteiger partial charge in [0.15, 0.2) is 0 Å². The van der Waals surface area contributed by atoms with Crippen LogP contribution in [0.5, 0.6) is 0 Å². The Bertz CT molecular complexity index is 532. The molecule has 0 saturated heterocycles. The molecule has 0 bridgehead atoms. The predicted octanol–water partition coefficient (Wildman–Crippen LogP) is 3.71. The highest BCUT2D eigenvalue weighted by molar-refractivity contribution is 5.91. The molecule has 1 aromatic carbocycles. The lowest BCUT2D eigenvalue weighted by atomic mass is 9.89. The summed E-state index contributed by atoms with van der Waals surface area (Å²) < 4.78 is 5.16. The van der Waals surface area contributed by atoms with Gasteiger partial charge in [-0.3, -0.25) is 0 Å². The number of hydrogen-bond acceptors (Lipinski definition) is 3. The number of hydrogen-bond donors (Lipinski definition) is 1. The maximum atomic E-state index is 5.16. The molecule has 2 rings (SSSR count). The van der Waals surface area contributed by atoms with E-state index in [2.05, 4.69) is 42.3 Å². The fraction of sp³-hybridized carbons (Fsp3) is 0.438. The SMILES string of the molecule is COCCC(C)(C)CNc1nccc2ccccc12. The summed E-state index contributed by atoms with van der Waals surface area (Å²) in [5.41, 5.74) is 0.189. The monoisotopic (exact) mass is 258 g/mol. The van der Waals surface area contributed by atoms with E-state index in [-0.39, 0.29) is 5.41 Å². The molecule has 0 aliphatic heterocycles. The quantitative estimate of drug-likeness (QED) is 0.857. The zero-order valence-electron chi connectivity index (χ0n) is 11.9. The molecule has 0 aliphatic carbocycles. The Morgan fingerprint density at radius 3 is 2.79 bits per heavy atom. The average Bonchev–Trinajstić information content (AvgIpc) is 2.43. The van der Waals surface area contributed by atoms with Crippen molar-refractivity contribution < 1.29 is 4.74 Å².